The topological polar surface area (TPSA) is 98.1 Å². The summed E-state index contributed by atoms with van der Waals surface area (Å²) >= 11 is 0. The third kappa shape index (κ3) is 5.95. The first-order valence-electron chi connectivity index (χ1n) is 15.1. The number of carbonyl (C=O) groups is 2. The standard InChI is InChI=1S/C37H41NO5/c1-22(2)29-20-30-34(37(43)38(36(30)42)28-13-9-6-10-14-28)31(21-39)33(29)32(40)16-15-27(26-11-7-5-8-12-26)19-25-17-23(3)35(41)24(4)18-25/h5-14,17-19,22,30-32,34,39-41H,15-16,20-21H2,1-4H3/b27-19-/t30-,31+,32-,34-/m1/s1. The second-order valence-corrected chi connectivity index (χ2v) is 12.2. The van der Waals surface area contributed by atoms with Crippen molar-refractivity contribution < 1.29 is 24.9 Å². The molecule has 6 heteroatoms. The number of phenols is 1. The Labute approximate surface area is 254 Å². The lowest BCUT2D eigenvalue weighted by atomic mass is 9.66. The van der Waals surface area contributed by atoms with Gasteiger partial charge in [-0.2, -0.15) is 0 Å². The van der Waals surface area contributed by atoms with Gasteiger partial charge in [0.05, 0.1) is 30.2 Å². The first-order chi connectivity index (χ1) is 20.6. The lowest BCUT2D eigenvalue weighted by molar-refractivity contribution is -0.123. The molecule has 0 bridgehead atoms. The van der Waals surface area contributed by atoms with Crippen LogP contribution in [0.1, 0.15) is 55.4 Å². The molecule has 2 aliphatic rings. The number of para-hydroxylation sites is 1. The van der Waals surface area contributed by atoms with E-state index in [4.69, 9.17) is 0 Å². The molecule has 3 aromatic carbocycles. The maximum Gasteiger partial charge on any atom is 0.238 e. The van der Waals surface area contributed by atoms with Crippen molar-refractivity contribution in [3.8, 4) is 5.75 Å². The Morgan fingerprint density at radius 1 is 0.953 bits per heavy atom. The molecule has 224 valence electrons. The number of allylic oxidation sites excluding steroid dienone is 2. The molecule has 0 aromatic heterocycles. The fourth-order valence-corrected chi connectivity index (χ4v) is 6.95. The van der Waals surface area contributed by atoms with Gasteiger partial charge in [-0.3, -0.25) is 14.5 Å². The van der Waals surface area contributed by atoms with Crippen LogP contribution >= 0.6 is 0 Å². The van der Waals surface area contributed by atoms with E-state index in [9.17, 15) is 24.9 Å². The first-order valence-corrected chi connectivity index (χ1v) is 15.1. The third-order valence-corrected chi connectivity index (χ3v) is 9.07. The monoisotopic (exact) mass is 579 g/mol. The zero-order valence-electron chi connectivity index (χ0n) is 25.3. The molecule has 0 radical (unpaired) electrons. The highest BCUT2D eigenvalue weighted by atomic mass is 16.3. The van der Waals surface area contributed by atoms with E-state index in [1.807, 2.05) is 76.2 Å². The Morgan fingerprint density at radius 3 is 2.14 bits per heavy atom. The minimum atomic E-state index is -0.889. The fraction of sp³-hybridized carbons (Fsp3) is 0.351. The van der Waals surface area contributed by atoms with Gasteiger partial charge in [-0.1, -0.05) is 74.0 Å². The molecule has 3 N–H and O–H groups in total. The van der Waals surface area contributed by atoms with E-state index in [2.05, 4.69) is 6.08 Å². The summed E-state index contributed by atoms with van der Waals surface area (Å²) < 4.78 is 0. The molecule has 5 rings (SSSR count). The highest BCUT2D eigenvalue weighted by molar-refractivity contribution is 6.22. The number of aliphatic hydroxyl groups excluding tert-OH is 2. The third-order valence-electron chi connectivity index (χ3n) is 9.07. The summed E-state index contributed by atoms with van der Waals surface area (Å²) in [5.41, 5.74) is 6.84. The van der Waals surface area contributed by atoms with Crippen molar-refractivity contribution in [2.75, 3.05) is 11.5 Å². The van der Waals surface area contributed by atoms with Gasteiger partial charge in [-0.25, -0.2) is 0 Å². The van der Waals surface area contributed by atoms with E-state index in [0.717, 1.165) is 33.4 Å². The molecule has 1 aliphatic heterocycles. The van der Waals surface area contributed by atoms with Gasteiger partial charge in [0.2, 0.25) is 11.8 Å². The van der Waals surface area contributed by atoms with Crippen molar-refractivity contribution in [2.45, 2.75) is 53.1 Å². The van der Waals surface area contributed by atoms with Crippen LogP contribution in [0.15, 0.2) is 83.9 Å². The van der Waals surface area contributed by atoms with Crippen LogP contribution in [0.2, 0.25) is 0 Å². The Hall–Kier alpha value is -4.00. The molecule has 43 heavy (non-hydrogen) atoms. The molecule has 1 heterocycles. The van der Waals surface area contributed by atoms with Crippen LogP contribution in [0.4, 0.5) is 5.69 Å². The number of fused-ring (bicyclic) bond motifs is 1. The summed E-state index contributed by atoms with van der Waals surface area (Å²) in [6, 6.07) is 22.9. The van der Waals surface area contributed by atoms with Crippen molar-refractivity contribution in [3.05, 3.63) is 106 Å². The van der Waals surface area contributed by atoms with Crippen molar-refractivity contribution >= 4 is 29.2 Å². The number of hydrogen-bond donors (Lipinski definition) is 3. The van der Waals surface area contributed by atoms with E-state index >= 15 is 0 Å². The lowest BCUT2D eigenvalue weighted by Crippen LogP contribution is -2.39. The number of aliphatic hydroxyl groups is 2. The van der Waals surface area contributed by atoms with Gasteiger partial charge in [0, 0.05) is 5.92 Å². The Kier molecular flexibility index (Phi) is 9.00. The van der Waals surface area contributed by atoms with Gasteiger partial charge in [0.1, 0.15) is 5.75 Å². The highest BCUT2D eigenvalue weighted by Gasteiger charge is 2.55. The Balaban J connectivity index is 1.47. The number of benzene rings is 3. The van der Waals surface area contributed by atoms with Gasteiger partial charge in [0.15, 0.2) is 0 Å². The van der Waals surface area contributed by atoms with Gasteiger partial charge in [-0.15, -0.1) is 0 Å². The van der Waals surface area contributed by atoms with E-state index in [1.165, 1.54) is 4.90 Å². The second kappa shape index (κ2) is 12.7. The van der Waals surface area contributed by atoms with Crippen molar-refractivity contribution in [1.29, 1.82) is 0 Å². The zero-order valence-corrected chi connectivity index (χ0v) is 25.3. The number of aromatic hydroxyl groups is 1. The molecule has 0 saturated carbocycles. The predicted octanol–water partition coefficient (Wildman–Crippen LogP) is 6.46. The van der Waals surface area contributed by atoms with Gasteiger partial charge < -0.3 is 15.3 Å². The number of nitrogens with zero attached hydrogens (tertiary/aromatic N) is 1. The van der Waals surface area contributed by atoms with Crippen molar-refractivity contribution in [3.63, 3.8) is 0 Å². The largest absolute Gasteiger partial charge is 0.507 e. The molecule has 0 unspecified atom stereocenters. The molecule has 6 nitrogen and oxygen atoms in total. The van der Waals surface area contributed by atoms with Crippen LogP contribution in [0.3, 0.4) is 0 Å². The molecule has 4 atom stereocenters. The zero-order chi connectivity index (χ0) is 30.8. The molecule has 1 aliphatic carbocycles. The van der Waals surface area contributed by atoms with Gasteiger partial charge in [-0.05, 0) is 96.7 Å². The summed E-state index contributed by atoms with van der Waals surface area (Å²) in [5.74, 6) is -2.12. The molecule has 1 saturated heterocycles. The van der Waals surface area contributed by atoms with E-state index in [0.29, 0.717) is 36.3 Å². The summed E-state index contributed by atoms with van der Waals surface area (Å²) in [7, 11) is 0. The van der Waals surface area contributed by atoms with Gasteiger partial charge >= 0.3 is 0 Å². The Morgan fingerprint density at radius 2 is 1.56 bits per heavy atom. The van der Waals surface area contributed by atoms with Crippen LogP contribution in [-0.2, 0) is 9.59 Å². The van der Waals surface area contributed by atoms with Crippen LogP contribution in [0.5, 0.6) is 5.75 Å². The van der Waals surface area contributed by atoms with Crippen molar-refractivity contribution in [1.82, 2.24) is 0 Å². The molecule has 0 spiro atoms. The van der Waals surface area contributed by atoms with Crippen LogP contribution in [0, 0.1) is 37.5 Å². The minimum absolute atomic E-state index is 0.0420. The second-order valence-electron chi connectivity index (χ2n) is 12.2. The van der Waals surface area contributed by atoms with Crippen molar-refractivity contribution in [2.24, 2.45) is 23.7 Å². The van der Waals surface area contributed by atoms with E-state index < -0.39 is 23.9 Å². The van der Waals surface area contributed by atoms with Crippen LogP contribution in [0.25, 0.3) is 11.6 Å². The molecule has 3 aromatic rings. The quantitative estimate of drug-likeness (QED) is 0.154. The van der Waals surface area contributed by atoms with E-state index in [-0.39, 0.29) is 24.3 Å². The molecule has 1 fully saturated rings. The lowest BCUT2D eigenvalue weighted by Gasteiger charge is -2.38. The van der Waals surface area contributed by atoms with Crippen LogP contribution in [-0.4, -0.2) is 39.8 Å². The number of imide groups is 1. The first kappa shape index (κ1) is 30.5. The average Bonchev–Trinajstić information content (AvgIpc) is 3.26. The van der Waals surface area contributed by atoms with E-state index in [1.54, 1.807) is 24.3 Å². The SMILES string of the molecule is Cc1cc(/C=C(/CC[C@@H](O)C2=C(C(C)C)C[C@H]3C(=O)N(c4ccccc4)C(=O)[C@H]3[C@H]2CO)c2ccccc2)cc(C)c1O. The summed E-state index contributed by atoms with van der Waals surface area (Å²) in [6.07, 6.45) is 2.54. The smallest absolute Gasteiger partial charge is 0.238 e. The minimum Gasteiger partial charge on any atom is -0.507 e. The fourth-order valence-electron chi connectivity index (χ4n) is 6.95. The number of anilines is 1. The molecule has 2 amide bonds. The predicted molar refractivity (Wildman–Crippen MR) is 170 cm³/mol. The summed E-state index contributed by atoms with van der Waals surface area (Å²) in [6.45, 7) is 7.52. The van der Waals surface area contributed by atoms with Crippen LogP contribution < -0.4 is 4.90 Å². The summed E-state index contributed by atoms with van der Waals surface area (Å²) in [5, 5.41) is 32.8. The Bertz CT molecular complexity index is 1530. The highest BCUT2D eigenvalue weighted by Crippen LogP contribution is 2.49. The average molecular weight is 580 g/mol. The maximum absolute atomic E-state index is 13.8. The number of carbonyl (C=O) groups excluding carboxylic acids is 2. The number of rotatable bonds is 9. The molecular formula is C37H41NO5. The normalized spacial score (nSPS) is 21.5. The number of aryl methyl sites for hydroxylation is 2. The van der Waals surface area contributed by atoms with Gasteiger partial charge in [0.25, 0.3) is 0 Å². The molecular weight excluding hydrogens is 538 g/mol. The maximum atomic E-state index is 13.8. The number of amides is 2. The number of hydrogen-bond acceptors (Lipinski definition) is 5. The summed E-state index contributed by atoms with van der Waals surface area (Å²) in [4.78, 5) is 28.6. The number of phenolic OH excluding ortho intramolecular Hbond substituents is 1.